The average molecular weight is 578 g/mol. The first-order chi connectivity index (χ1) is 20.5. The molecule has 1 amide bonds. The Morgan fingerprint density at radius 2 is 1.38 bits per heavy atom. The molecule has 5 atom stereocenters. The van der Waals surface area contributed by atoms with Crippen molar-refractivity contribution in [2.24, 2.45) is 11.8 Å². The number of carbonyl (C=O) groups excluding carboxylic acids is 1. The molecule has 1 unspecified atom stereocenters. The van der Waals surface area contributed by atoms with E-state index in [0.717, 1.165) is 34.6 Å². The zero-order valence-corrected chi connectivity index (χ0v) is 24.8. The molecule has 1 aliphatic heterocycles. The third kappa shape index (κ3) is 3.81. The Bertz CT molecular complexity index is 1670. The molecular formula is C36H35NO4S. The molecule has 42 heavy (non-hydrogen) atoms. The first-order valence-electron chi connectivity index (χ1n) is 14.6. The molecule has 0 spiro atoms. The molecule has 3 aliphatic carbocycles. The maximum absolute atomic E-state index is 15.1. The third-order valence-electron chi connectivity index (χ3n) is 10.1. The number of rotatable bonds is 7. The molecular weight excluding hydrogens is 542 g/mol. The van der Waals surface area contributed by atoms with Crippen LogP contribution in [-0.4, -0.2) is 42.3 Å². The van der Waals surface area contributed by atoms with Gasteiger partial charge in [-0.3, -0.25) is 9.00 Å². The molecule has 4 aromatic carbocycles. The number of nitrogens with zero attached hydrogens (tertiary/aromatic N) is 1. The quantitative estimate of drug-likeness (QED) is 0.266. The summed E-state index contributed by atoms with van der Waals surface area (Å²) in [6.07, 6.45) is 1.93. The van der Waals surface area contributed by atoms with E-state index in [9.17, 15) is 4.79 Å². The number of fused-ring (bicyclic) bond motifs is 1. The average Bonchev–Trinajstić information content (AvgIpc) is 3.53. The number of hydrogen-bond acceptors (Lipinski definition) is 4. The molecule has 4 aromatic rings. The minimum Gasteiger partial charge on any atom is -0.496 e. The largest absolute Gasteiger partial charge is 0.496 e. The fourth-order valence-electron chi connectivity index (χ4n) is 8.31. The molecule has 4 aliphatic rings. The van der Waals surface area contributed by atoms with Crippen LogP contribution >= 0.6 is 0 Å². The highest BCUT2D eigenvalue weighted by atomic mass is 32.2. The second-order valence-electron chi connectivity index (χ2n) is 11.7. The summed E-state index contributed by atoms with van der Waals surface area (Å²) in [4.78, 5) is 16.7. The van der Waals surface area contributed by atoms with Gasteiger partial charge in [0.15, 0.2) is 0 Å². The smallest absolute Gasteiger partial charge is 0.227 e. The van der Waals surface area contributed by atoms with Gasteiger partial charge in [-0.15, -0.1) is 0 Å². The molecule has 5 nitrogen and oxygen atoms in total. The predicted molar refractivity (Wildman–Crippen MR) is 164 cm³/mol. The second-order valence-corrected chi connectivity index (χ2v) is 13.4. The van der Waals surface area contributed by atoms with Crippen LogP contribution in [0.4, 0.5) is 0 Å². The van der Waals surface area contributed by atoms with Gasteiger partial charge in [-0.25, -0.2) is 0 Å². The van der Waals surface area contributed by atoms with Crippen molar-refractivity contribution in [2.75, 3.05) is 27.3 Å². The Kier molecular flexibility index (Phi) is 6.69. The van der Waals surface area contributed by atoms with E-state index in [-0.39, 0.29) is 29.6 Å². The predicted octanol–water partition coefficient (Wildman–Crippen LogP) is 6.12. The highest BCUT2D eigenvalue weighted by Crippen LogP contribution is 2.67. The fraction of sp³-hybridized carbons (Fsp3) is 0.306. The molecule has 2 fully saturated rings. The van der Waals surface area contributed by atoms with Gasteiger partial charge in [0.05, 0.1) is 41.1 Å². The van der Waals surface area contributed by atoms with Crippen molar-refractivity contribution < 1.29 is 18.5 Å². The van der Waals surface area contributed by atoms with Crippen LogP contribution in [0, 0.1) is 11.8 Å². The van der Waals surface area contributed by atoms with Crippen molar-refractivity contribution >= 4 is 16.7 Å². The minimum atomic E-state index is -1.40. The van der Waals surface area contributed by atoms with E-state index in [0.29, 0.717) is 18.8 Å². The number of benzene rings is 4. The number of carbonyl (C=O) groups is 1. The molecule has 1 saturated heterocycles. The van der Waals surface area contributed by atoms with Crippen molar-refractivity contribution in [2.45, 2.75) is 34.3 Å². The van der Waals surface area contributed by atoms with Crippen molar-refractivity contribution in [3.8, 4) is 11.5 Å². The molecule has 8 rings (SSSR count). The van der Waals surface area contributed by atoms with Crippen LogP contribution in [0.3, 0.4) is 0 Å². The highest BCUT2D eigenvalue weighted by Gasteiger charge is 2.68. The fourth-order valence-corrected chi connectivity index (χ4v) is 10.4. The Hall–Kier alpha value is -3.90. The van der Waals surface area contributed by atoms with Crippen molar-refractivity contribution in [1.29, 1.82) is 0 Å². The van der Waals surface area contributed by atoms with Crippen LogP contribution in [0.5, 0.6) is 11.5 Å². The third-order valence-corrected chi connectivity index (χ3v) is 12.2. The lowest BCUT2D eigenvalue weighted by Crippen LogP contribution is -2.60. The number of methoxy groups -OCH3 is 2. The van der Waals surface area contributed by atoms with Gasteiger partial charge in [-0.05, 0) is 53.6 Å². The molecule has 2 bridgehead atoms. The summed E-state index contributed by atoms with van der Waals surface area (Å²) >= 11 is 0. The van der Waals surface area contributed by atoms with Crippen molar-refractivity contribution in [3.63, 3.8) is 0 Å². The Balaban J connectivity index is 1.38. The summed E-state index contributed by atoms with van der Waals surface area (Å²) in [6.45, 7) is 1.20. The van der Waals surface area contributed by atoms with Crippen LogP contribution in [0.25, 0.3) is 0 Å². The first-order valence-corrected chi connectivity index (χ1v) is 15.8. The van der Waals surface area contributed by atoms with E-state index < -0.39 is 15.5 Å². The SMILES string of the molecule is COc1ccccc1CC(=O)N1C[C@@H]2[C@H](C1)[C@]1(S(=O)c3ccccc3OC)CC[C@@]2(c2ccccc2)c2ccccc21. The van der Waals surface area contributed by atoms with Gasteiger partial charge in [0.2, 0.25) is 5.91 Å². The van der Waals surface area contributed by atoms with Crippen molar-refractivity contribution in [3.05, 3.63) is 125 Å². The molecule has 1 saturated carbocycles. The lowest BCUT2D eigenvalue weighted by molar-refractivity contribution is -0.129. The van der Waals surface area contributed by atoms with Gasteiger partial charge in [0.25, 0.3) is 0 Å². The van der Waals surface area contributed by atoms with Crippen LogP contribution in [0.15, 0.2) is 108 Å². The second kappa shape index (κ2) is 10.4. The van der Waals surface area contributed by atoms with E-state index >= 15 is 4.21 Å². The summed E-state index contributed by atoms with van der Waals surface area (Å²) in [5, 5.41) is 0. The standard InChI is InChI=1S/C36H35NO4S/c1-40-31-17-9-6-12-25(31)22-34(38)37-23-29-30(24-37)36(42(39)33-19-11-10-18-32(33)41-2)21-20-35(29,26-13-4-3-5-14-26)27-15-7-8-16-28(27)36/h3-19,29-30H,20-24H2,1-2H3/t29-,30+,35-,36+,42?/m1/s1. The molecule has 0 radical (unpaired) electrons. The first kappa shape index (κ1) is 27.0. The maximum Gasteiger partial charge on any atom is 0.227 e. The Morgan fingerprint density at radius 3 is 2.14 bits per heavy atom. The van der Waals surface area contributed by atoms with Gasteiger partial charge >= 0.3 is 0 Å². The Labute approximate surface area is 249 Å². The number of hydrogen-bond donors (Lipinski definition) is 0. The van der Waals surface area contributed by atoms with Crippen molar-refractivity contribution in [1.82, 2.24) is 4.90 Å². The van der Waals surface area contributed by atoms with E-state index in [1.807, 2.05) is 53.4 Å². The summed E-state index contributed by atoms with van der Waals surface area (Å²) in [7, 11) is 1.88. The van der Waals surface area contributed by atoms with Crippen LogP contribution in [0.2, 0.25) is 0 Å². The molecule has 214 valence electrons. The number of likely N-dealkylation sites (tertiary alicyclic amines) is 1. The molecule has 0 N–H and O–H groups in total. The van der Waals surface area contributed by atoms with Gasteiger partial charge < -0.3 is 14.4 Å². The summed E-state index contributed by atoms with van der Waals surface area (Å²) in [6, 6.07) is 34.8. The van der Waals surface area contributed by atoms with Crippen LogP contribution in [-0.2, 0) is 32.2 Å². The summed E-state index contributed by atoms with van der Waals surface area (Å²) < 4.78 is 25.7. The molecule has 1 heterocycles. The number of amides is 1. The minimum absolute atomic E-state index is 0.0220. The Morgan fingerprint density at radius 1 is 0.762 bits per heavy atom. The molecule has 0 aromatic heterocycles. The molecule has 6 heteroatoms. The maximum atomic E-state index is 15.1. The number of para-hydroxylation sites is 2. The topological polar surface area (TPSA) is 55.8 Å². The zero-order chi connectivity index (χ0) is 28.9. The van der Waals surface area contributed by atoms with Gasteiger partial charge in [0.1, 0.15) is 11.5 Å². The lowest BCUT2D eigenvalue weighted by Gasteiger charge is -2.60. The van der Waals surface area contributed by atoms with E-state index in [1.54, 1.807) is 14.2 Å². The van der Waals surface area contributed by atoms with E-state index in [2.05, 4.69) is 54.6 Å². The van der Waals surface area contributed by atoms with E-state index in [1.165, 1.54) is 11.1 Å². The summed E-state index contributed by atoms with van der Waals surface area (Å²) in [5.74, 6) is 1.60. The highest BCUT2D eigenvalue weighted by molar-refractivity contribution is 7.86. The van der Waals surface area contributed by atoms with Gasteiger partial charge in [-0.2, -0.15) is 0 Å². The zero-order valence-electron chi connectivity index (χ0n) is 24.0. The lowest BCUT2D eigenvalue weighted by atomic mass is 9.47. The normalized spacial score (nSPS) is 26.3. The van der Waals surface area contributed by atoms with Gasteiger partial charge in [-0.1, -0.05) is 84.9 Å². The van der Waals surface area contributed by atoms with Crippen LogP contribution < -0.4 is 9.47 Å². The summed E-state index contributed by atoms with van der Waals surface area (Å²) in [5.41, 5.74) is 4.32. The number of ether oxygens (including phenoxy) is 2. The van der Waals surface area contributed by atoms with Crippen LogP contribution in [0.1, 0.15) is 35.1 Å². The monoisotopic (exact) mass is 577 g/mol. The van der Waals surface area contributed by atoms with E-state index in [4.69, 9.17) is 9.47 Å². The van der Waals surface area contributed by atoms with Gasteiger partial charge in [0, 0.05) is 30.0 Å².